The van der Waals surface area contributed by atoms with E-state index in [4.69, 9.17) is 9.26 Å². The lowest BCUT2D eigenvalue weighted by atomic mass is 9.55. The zero-order valence-electron chi connectivity index (χ0n) is 13.2. The van der Waals surface area contributed by atoms with Crippen LogP contribution in [0, 0.1) is 12.3 Å². The Morgan fingerprint density at radius 1 is 1.33 bits per heavy atom. The second-order valence-electron chi connectivity index (χ2n) is 6.47. The van der Waals surface area contributed by atoms with Gasteiger partial charge < -0.3 is 14.6 Å². The normalized spacial score (nSPS) is 27.7. The molecule has 2 aliphatic carbocycles. The maximum Gasteiger partial charge on any atom is 0.227 e. The fraction of sp³-hybridized carbons (Fsp3) is 0.875. The Balaban J connectivity index is 1.52. The molecule has 5 nitrogen and oxygen atoms in total. The minimum absolute atomic E-state index is 0.388. The third-order valence-electron chi connectivity index (χ3n) is 5.24. The van der Waals surface area contributed by atoms with Crippen molar-refractivity contribution in [2.45, 2.75) is 70.9 Å². The first-order chi connectivity index (χ1) is 10.2. The summed E-state index contributed by atoms with van der Waals surface area (Å²) in [5.74, 6) is 1.45. The lowest BCUT2D eigenvalue weighted by Gasteiger charge is -2.58. The van der Waals surface area contributed by atoms with Crippen molar-refractivity contribution in [1.82, 2.24) is 15.5 Å². The molecule has 1 spiro atoms. The van der Waals surface area contributed by atoms with Gasteiger partial charge in [-0.25, -0.2) is 0 Å². The highest BCUT2D eigenvalue weighted by Crippen LogP contribution is 2.53. The van der Waals surface area contributed by atoms with E-state index in [0.717, 1.165) is 31.9 Å². The molecule has 0 aromatic carbocycles. The van der Waals surface area contributed by atoms with Crippen LogP contribution in [0.4, 0.5) is 0 Å². The molecular formula is C16H27N3O2. The summed E-state index contributed by atoms with van der Waals surface area (Å²) in [4.78, 5) is 4.26. The van der Waals surface area contributed by atoms with Crippen LogP contribution in [0.5, 0.6) is 0 Å². The Labute approximate surface area is 126 Å². The van der Waals surface area contributed by atoms with Gasteiger partial charge >= 0.3 is 0 Å². The van der Waals surface area contributed by atoms with Crippen molar-refractivity contribution in [3.8, 4) is 0 Å². The Morgan fingerprint density at radius 2 is 2.14 bits per heavy atom. The lowest BCUT2D eigenvalue weighted by Crippen LogP contribution is -2.64. The first-order valence-corrected chi connectivity index (χ1v) is 8.39. The third-order valence-corrected chi connectivity index (χ3v) is 5.24. The van der Waals surface area contributed by atoms with Crippen LogP contribution in [-0.4, -0.2) is 35.4 Å². The molecule has 1 aromatic heterocycles. The van der Waals surface area contributed by atoms with Crippen LogP contribution in [0.1, 0.15) is 57.2 Å². The summed E-state index contributed by atoms with van der Waals surface area (Å²) < 4.78 is 11.2. The number of nitrogens with zero attached hydrogens (tertiary/aromatic N) is 2. The van der Waals surface area contributed by atoms with E-state index in [1.54, 1.807) is 0 Å². The van der Waals surface area contributed by atoms with Crippen molar-refractivity contribution in [1.29, 1.82) is 0 Å². The second kappa shape index (κ2) is 6.44. The second-order valence-corrected chi connectivity index (χ2v) is 6.47. The third kappa shape index (κ3) is 2.99. The van der Waals surface area contributed by atoms with Gasteiger partial charge in [-0.2, -0.15) is 4.98 Å². The summed E-state index contributed by atoms with van der Waals surface area (Å²) in [6.45, 7) is 5.71. The van der Waals surface area contributed by atoms with Crippen LogP contribution in [-0.2, 0) is 11.2 Å². The number of aromatic nitrogens is 2. The van der Waals surface area contributed by atoms with Crippen molar-refractivity contribution in [3.05, 3.63) is 11.7 Å². The maximum absolute atomic E-state index is 5.99. The van der Waals surface area contributed by atoms with Crippen molar-refractivity contribution in [3.63, 3.8) is 0 Å². The largest absolute Gasteiger partial charge is 0.378 e. The summed E-state index contributed by atoms with van der Waals surface area (Å²) in [5.41, 5.74) is 0.388. The highest BCUT2D eigenvalue weighted by Gasteiger charge is 2.55. The molecule has 2 atom stereocenters. The molecular weight excluding hydrogens is 266 g/mol. The van der Waals surface area contributed by atoms with Crippen LogP contribution >= 0.6 is 0 Å². The van der Waals surface area contributed by atoms with Crippen molar-refractivity contribution >= 4 is 0 Å². The summed E-state index contributed by atoms with van der Waals surface area (Å²) in [6, 6.07) is 0.596. The number of ether oxygens (including phenoxy) is 1. The topological polar surface area (TPSA) is 60.2 Å². The fourth-order valence-corrected chi connectivity index (χ4v) is 4.14. The average Bonchev–Trinajstić information content (AvgIpc) is 2.92. The zero-order chi connectivity index (χ0) is 14.7. The molecule has 1 aromatic rings. The summed E-state index contributed by atoms with van der Waals surface area (Å²) in [6.07, 6.45) is 9.14. The van der Waals surface area contributed by atoms with Gasteiger partial charge in [-0.1, -0.05) is 24.4 Å². The predicted molar refractivity (Wildman–Crippen MR) is 80.1 cm³/mol. The van der Waals surface area contributed by atoms with E-state index in [0.29, 0.717) is 23.4 Å². The molecule has 21 heavy (non-hydrogen) atoms. The van der Waals surface area contributed by atoms with Gasteiger partial charge in [-0.05, 0) is 33.1 Å². The molecule has 2 aliphatic rings. The number of rotatable bonds is 6. The monoisotopic (exact) mass is 293 g/mol. The number of nitrogens with one attached hydrogen (secondary N) is 1. The summed E-state index contributed by atoms with van der Waals surface area (Å²) >= 11 is 0. The minimum atomic E-state index is 0.388. The van der Waals surface area contributed by atoms with E-state index in [2.05, 4.69) is 22.4 Å². The lowest BCUT2D eigenvalue weighted by molar-refractivity contribution is -0.149. The molecule has 2 fully saturated rings. The SMILES string of the molecule is CCO[C@@H]1C[C@@H](NCCc2nc(C)no2)C12CCCCC2. The fourth-order valence-electron chi connectivity index (χ4n) is 4.14. The molecule has 0 unspecified atom stereocenters. The number of hydrogen-bond acceptors (Lipinski definition) is 5. The standard InChI is InChI=1S/C16H27N3O2/c1-3-20-14-11-13(16(14)8-5-4-6-9-16)17-10-7-15-18-12(2)19-21-15/h13-14,17H,3-11H2,1-2H3/t13-,14-/m1/s1. The molecule has 0 bridgehead atoms. The van der Waals surface area contributed by atoms with Crippen LogP contribution in [0.2, 0.25) is 0 Å². The Morgan fingerprint density at radius 3 is 2.81 bits per heavy atom. The van der Waals surface area contributed by atoms with Gasteiger partial charge in [-0.3, -0.25) is 0 Å². The highest BCUT2D eigenvalue weighted by atomic mass is 16.5. The highest BCUT2D eigenvalue weighted by molar-refractivity contribution is 5.09. The van der Waals surface area contributed by atoms with Crippen molar-refractivity contribution in [2.75, 3.05) is 13.2 Å². The molecule has 1 heterocycles. The van der Waals surface area contributed by atoms with E-state index in [1.165, 1.54) is 32.1 Å². The predicted octanol–water partition coefficient (Wildman–Crippen LogP) is 2.64. The van der Waals surface area contributed by atoms with Gasteiger partial charge in [0.15, 0.2) is 5.82 Å². The molecule has 2 saturated carbocycles. The van der Waals surface area contributed by atoms with Gasteiger partial charge in [0.25, 0.3) is 0 Å². The van der Waals surface area contributed by atoms with E-state index in [-0.39, 0.29) is 0 Å². The molecule has 5 heteroatoms. The molecule has 0 saturated heterocycles. The summed E-state index contributed by atoms with van der Waals surface area (Å²) in [7, 11) is 0. The number of aryl methyl sites for hydroxylation is 1. The molecule has 3 rings (SSSR count). The van der Waals surface area contributed by atoms with Crippen LogP contribution < -0.4 is 5.32 Å². The Hall–Kier alpha value is -0.940. The maximum atomic E-state index is 5.99. The van der Waals surface area contributed by atoms with Crippen molar-refractivity contribution in [2.24, 2.45) is 5.41 Å². The molecule has 118 valence electrons. The molecule has 0 radical (unpaired) electrons. The first kappa shape index (κ1) is 15.0. The Kier molecular flexibility index (Phi) is 4.60. The zero-order valence-corrected chi connectivity index (χ0v) is 13.2. The minimum Gasteiger partial charge on any atom is -0.378 e. The number of hydrogen-bond donors (Lipinski definition) is 1. The van der Waals surface area contributed by atoms with E-state index >= 15 is 0 Å². The van der Waals surface area contributed by atoms with E-state index in [1.807, 2.05) is 6.92 Å². The summed E-state index contributed by atoms with van der Waals surface area (Å²) in [5, 5.41) is 7.55. The van der Waals surface area contributed by atoms with E-state index in [9.17, 15) is 0 Å². The first-order valence-electron chi connectivity index (χ1n) is 8.39. The molecule has 0 aliphatic heterocycles. The molecule has 1 N–H and O–H groups in total. The van der Waals surface area contributed by atoms with E-state index < -0.39 is 0 Å². The van der Waals surface area contributed by atoms with Crippen LogP contribution in [0.15, 0.2) is 4.52 Å². The smallest absolute Gasteiger partial charge is 0.227 e. The van der Waals surface area contributed by atoms with Gasteiger partial charge in [0.05, 0.1) is 6.10 Å². The molecule has 0 amide bonds. The van der Waals surface area contributed by atoms with Crippen molar-refractivity contribution < 1.29 is 9.26 Å². The van der Waals surface area contributed by atoms with Gasteiger partial charge in [0, 0.05) is 31.0 Å². The van der Waals surface area contributed by atoms with Gasteiger partial charge in [-0.15, -0.1) is 0 Å². The van der Waals surface area contributed by atoms with Gasteiger partial charge in [0.1, 0.15) is 0 Å². The van der Waals surface area contributed by atoms with Crippen LogP contribution in [0.25, 0.3) is 0 Å². The van der Waals surface area contributed by atoms with Crippen LogP contribution in [0.3, 0.4) is 0 Å². The van der Waals surface area contributed by atoms with Gasteiger partial charge in [0.2, 0.25) is 5.89 Å². The quantitative estimate of drug-likeness (QED) is 0.873. The Bertz CT molecular complexity index is 454. The average molecular weight is 293 g/mol.